The van der Waals surface area contributed by atoms with Crippen molar-refractivity contribution in [3.05, 3.63) is 0 Å². The number of aliphatic hydroxyl groups is 1. The van der Waals surface area contributed by atoms with E-state index in [1.165, 1.54) is 32.1 Å². The van der Waals surface area contributed by atoms with E-state index in [0.29, 0.717) is 24.9 Å². The summed E-state index contributed by atoms with van der Waals surface area (Å²) in [5, 5.41) is 10.2. The summed E-state index contributed by atoms with van der Waals surface area (Å²) < 4.78 is 0. The van der Waals surface area contributed by atoms with Crippen LogP contribution in [-0.4, -0.2) is 34.6 Å². The van der Waals surface area contributed by atoms with Crippen LogP contribution >= 0.6 is 0 Å². The number of carbonyl (C=O) groups excluding carboxylic acids is 1. The maximum absolute atomic E-state index is 12.0. The van der Waals surface area contributed by atoms with Crippen LogP contribution in [0.5, 0.6) is 0 Å². The fourth-order valence-electron chi connectivity index (χ4n) is 3.44. The highest BCUT2D eigenvalue weighted by atomic mass is 16.3. The van der Waals surface area contributed by atoms with Crippen molar-refractivity contribution in [3.63, 3.8) is 0 Å². The van der Waals surface area contributed by atoms with Crippen molar-refractivity contribution >= 4 is 5.91 Å². The van der Waals surface area contributed by atoms with E-state index in [-0.39, 0.29) is 5.91 Å². The number of rotatable bonds is 3. The smallest absolute Gasteiger partial charge is 0.223 e. The Morgan fingerprint density at radius 1 is 1.12 bits per heavy atom. The van der Waals surface area contributed by atoms with Gasteiger partial charge in [-0.15, -0.1) is 0 Å². The van der Waals surface area contributed by atoms with Crippen molar-refractivity contribution in [1.29, 1.82) is 0 Å². The molecule has 0 unspecified atom stereocenters. The van der Waals surface area contributed by atoms with Crippen LogP contribution in [0.3, 0.4) is 0 Å². The first-order valence-corrected chi connectivity index (χ1v) is 7.17. The van der Waals surface area contributed by atoms with Crippen LogP contribution in [0.4, 0.5) is 0 Å². The van der Waals surface area contributed by atoms with E-state index >= 15 is 0 Å². The van der Waals surface area contributed by atoms with Crippen LogP contribution in [0.1, 0.15) is 51.4 Å². The first-order chi connectivity index (χ1) is 8.17. The van der Waals surface area contributed by atoms with Gasteiger partial charge in [0, 0.05) is 6.42 Å². The van der Waals surface area contributed by atoms with Crippen LogP contribution in [0, 0.1) is 11.8 Å². The number of amides is 1. The third-order valence-corrected chi connectivity index (χ3v) is 4.81. The van der Waals surface area contributed by atoms with Crippen LogP contribution in [0.2, 0.25) is 0 Å². The fourth-order valence-corrected chi connectivity index (χ4v) is 3.44. The Kier molecular flexibility index (Phi) is 2.89. The number of hydrogen-bond acceptors (Lipinski definition) is 2. The highest BCUT2D eigenvalue weighted by Crippen LogP contribution is 2.44. The number of carbonyl (C=O) groups is 1. The van der Waals surface area contributed by atoms with Crippen molar-refractivity contribution in [1.82, 2.24) is 4.90 Å². The van der Waals surface area contributed by atoms with E-state index in [1.54, 1.807) is 0 Å². The Labute approximate surface area is 103 Å². The molecular weight excluding hydrogens is 214 g/mol. The fraction of sp³-hybridized carbons (Fsp3) is 0.929. The molecule has 1 aliphatic heterocycles. The molecule has 3 aliphatic rings. The molecule has 1 saturated heterocycles. The Hall–Kier alpha value is -0.570. The second-order valence-electron chi connectivity index (χ2n) is 6.34. The molecule has 0 atom stereocenters. The van der Waals surface area contributed by atoms with Gasteiger partial charge in [0.25, 0.3) is 0 Å². The van der Waals surface area contributed by atoms with Gasteiger partial charge in [-0.1, -0.05) is 19.3 Å². The predicted octanol–water partition coefficient (Wildman–Crippen LogP) is 1.94. The molecule has 2 aliphatic carbocycles. The summed E-state index contributed by atoms with van der Waals surface area (Å²) in [5.41, 5.74) is -0.512. The van der Waals surface area contributed by atoms with E-state index < -0.39 is 5.60 Å². The molecular formula is C14H23NO2. The average Bonchev–Trinajstić information content (AvgIpc) is 3.10. The molecule has 1 heterocycles. The molecule has 0 bridgehead atoms. The lowest BCUT2D eigenvalue weighted by molar-refractivity contribution is -0.160. The summed E-state index contributed by atoms with van der Waals surface area (Å²) in [6, 6.07) is 0. The third kappa shape index (κ3) is 2.35. The minimum absolute atomic E-state index is 0.280. The molecule has 2 saturated carbocycles. The summed E-state index contributed by atoms with van der Waals surface area (Å²) in [6.07, 6.45) is 9.42. The van der Waals surface area contributed by atoms with Crippen LogP contribution in [0.15, 0.2) is 0 Å². The molecule has 1 N–H and O–H groups in total. The molecule has 96 valence electrons. The zero-order valence-corrected chi connectivity index (χ0v) is 10.5. The molecule has 3 heteroatoms. The maximum atomic E-state index is 12.0. The van der Waals surface area contributed by atoms with Gasteiger partial charge in [-0.2, -0.15) is 0 Å². The van der Waals surface area contributed by atoms with E-state index in [0.717, 1.165) is 19.3 Å². The predicted molar refractivity (Wildman–Crippen MR) is 65.4 cm³/mol. The highest BCUT2D eigenvalue weighted by Gasteiger charge is 2.53. The molecule has 3 nitrogen and oxygen atoms in total. The molecule has 1 amide bonds. The van der Waals surface area contributed by atoms with E-state index in [9.17, 15) is 9.90 Å². The monoisotopic (exact) mass is 237 g/mol. The maximum Gasteiger partial charge on any atom is 0.223 e. The van der Waals surface area contributed by atoms with E-state index in [1.807, 2.05) is 4.90 Å². The first-order valence-electron chi connectivity index (χ1n) is 7.17. The van der Waals surface area contributed by atoms with Gasteiger partial charge in [-0.3, -0.25) is 4.79 Å². The van der Waals surface area contributed by atoms with Crippen LogP contribution in [0.25, 0.3) is 0 Å². The molecule has 3 rings (SSSR count). The van der Waals surface area contributed by atoms with Crippen LogP contribution < -0.4 is 0 Å². The van der Waals surface area contributed by atoms with Gasteiger partial charge in [0.15, 0.2) is 0 Å². The minimum Gasteiger partial charge on any atom is -0.386 e. The van der Waals surface area contributed by atoms with Gasteiger partial charge in [0.05, 0.1) is 13.1 Å². The Morgan fingerprint density at radius 3 is 2.35 bits per heavy atom. The summed E-state index contributed by atoms with van der Waals surface area (Å²) in [5.74, 6) is 1.38. The minimum atomic E-state index is -0.512. The van der Waals surface area contributed by atoms with Gasteiger partial charge in [0.2, 0.25) is 5.91 Å². The lowest BCUT2D eigenvalue weighted by atomic mass is 9.84. The van der Waals surface area contributed by atoms with Crippen molar-refractivity contribution in [2.45, 2.75) is 57.0 Å². The van der Waals surface area contributed by atoms with E-state index in [4.69, 9.17) is 0 Å². The zero-order chi connectivity index (χ0) is 11.9. The van der Waals surface area contributed by atoms with Gasteiger partial charge >= 0.3 is 0 Å². The van der Waals surface area contributed by atoms with Gasteiger partial charge in [-0.25, -0.2) is 0 Å². The van der Waals surface area contributed by atoms with Gasteiger partial charge in [-0.05, 0) is 37.5 Å². The molecule has 0 aromatic carbocycles. The second-order valence-corrected chi connectivity index (χ2v) is 6.34. The quantitative estimate of drug-likeness (QED) is 0.815. The normalized spacial score (nSPS) is 28.9. The average molecular weight is 237 g/mol. The lowest BCUT2D eigenvalue weighted by Crippen LogP contribution is -2.64. The van der Waals surface area contributed by atoms with Gasteiger partial charge < -0.3 is 10.0 Å². The number of β-amino-alcohol motifs (C(OH)–C–C–N with tert-alkyl or cyclic N) is 1. The number of nitrogens with zero attached hydrogens (tertiary/aromatic N) is 1. The van der Waals surface area contributed by atoms with Crippen molar-refractivity contribution < 1.29 is 9.90 Å². The van der Waals surface area contributed by atoms with Crippen molar-refractivity contribution in [2.24, 2.45) is 11.8 Å². The standard InChI is InChI=1S/C14H23NO2/c16-13(8-11-4-2-1-3-5-11)15-9-14(17,10-15)12-6-7-12/h11-12,17H,1-10H2. The Bertz CT molecular complexity index is 299. The van der Waals surface area contributed by atoms with E-state index in [2.05, 4.69) is 0 Å². The molecule has 0 radical (unpaired) electrons. The molecule has 0 aromatic heterocycles. The Morgan fingerprint density at radius 2 is 1.76 bits per heavy atom. The second kappa shape index (κ2) is 4.27. The summed E-state index contributed by atoms with van der Waals surface area (Å²) >= 11 is 0. The highest BCUT2D eigenvalue weighted by molar-refractivity contribution is 5.77. The molecule has 3 fully saturated rings. The summed E-state index contributed by atoms with van der Waals surface area (Å²) in [4.78, 5) is 13.9. The molecule has 0 spiro atoms. The van der Waals surface area contributed by atoms with Crippen molar-refractivity contribution in [2.75, 3.05) is 13.1 Å². The third-order valence-electron chi connectivity index (χ3n) is 4.81. The first kappa shape index (κ1) is 11.5. The summed E-state index contributed by atoms with van der Waals surface area (Å²) in [6.45, 7) is 1.20. The topological polar surface area (TPSA) is 40.5 Å². The SMILES string of the molecule is O=C(CC1CCCCC1)N1CC(O)(C2CC2)C1. The lowest BCUT2D eigenvalue weighted by Gasteiger charge is -2.47. The van der Waals surface area contributed by atoms with Crippen molar-refractivity contribution in [3.8, 4) is 0 Å². The molecule has 0 aromatic rings. The number of hydrogen-bond donors (Lipinski definition) is 1. The largest absolute Gasteiger partial charge is 0.386 e. The van der Waals surface area contributed by atoms with Gasteiger partial charge in [0.1, 0.15) is 5.60 Å². The number of likely N-dealkylation sites (tertiary alicyclic amines) is 1. The van der Waals surface area contributed by atoms with Crippen LogP contribution in [-0.2, 0) is 4.79 Å². The zero-order valence-electron chi connectivity index (χ0n) is 10.5. The molecule has 17 heavy (non-hydrogen) atoms. The Balaban J connectivity index is 1.44. The summed E-state index contributed by atoms with van der Waals surface area (Å²) in [7, 11) is 0.